The number of hydrogen-bond acceptors (Lipinski definition) is 2. The van der Waals surface area contributed by atoms with Gasteiger partial charge in [0.1, 0.15) is 0 Å². The van der Waals surface area contributed by atoms with Crippen LogP contribution in [0.25, 0.3) is 0 Å². The SMILES string of the molecule is CC(C)c1cccc(N(C)C)c1N1C(CCl)C2(CCCCC2)CC1(C)C. The molecular formula is C23H37ClN2. The van der Waals surface area contributed by atoms with Crippen LogP contribution >= 0.6 is 11.6 Å². The van der Waals surface area contributed by atoms with Crippen LogP contribution in [0, 0.1) is 5.41 Å². The van der Waals surface area contributed by atoms with Crippen LogP contribution in [0.15, 0.2) is 18.2 Å². The summed E-state index contributed by atoms with van der Waals surface area (Å²) in [4.78, 5) is 5.00. The predicted molar refractivity (Wildman–Crippen MR) is 116 cm³/mol. The van der Waals surface area contributed by atoms with Gasteiger partial charge in [-0.15, -0.1) is 11.6 Å². The van der Waals surface area contributed by atoms with Gasteiger partial charge in [-0.2, -0.15) is 0 Å². The quantitative estimate of drug-likeness (QED) is 0.559. The maximum atomic E-state index is 6.71. The second-order valence-corrected chi connectivity index (χ2v) is 10.0. The Morgan fingerprint density at radius 2 is 1.81 bits per heavy atom. The highest BCUT2D eigenvalue weighted by molar-refractivity contribution is 6.18. The zero-order valence-corrected chi connectivity index (χ0v) is 18.4. The average Bonchev–Trinajstić information content (AvgIpc) is 2.79. The second-order valence-electron chi connectivity index (χ2n) is 9.72. The third-order valence-corrected chi connectivity index (χ3v) is 7.13. The summed E-state index contributed by atoms with van der Waals surface area (Å²) >= 11 is 6.71. The highest BCUT2D eigenvalue weighted by Crippen LogP contribution is 2.57. The van der Waals surface area contributed by atoms with E-state index >= 15 is 0 Å². The lowest BCUT2D eigenvalue weighted by molar-refractivity contribution is 0.172. The molecule has 0 amide bonds. The van der Waals surface area contributed by atoms with E-state index in [1.165, 1.54) is 55.5 Å². The number of benzene rings is 1. The van der Waals surface area contributed by atoms with Gasteiger partial charge in [-0.3, -0.25) is 0 Å². The molecule has 1 aromatic carbocycles. The Labute approximate surface area is 165 Å². The molecule has 1 spiro atoms. The third-order valence-electron chi connectivity index (χ3n) is 6.84. The monoisotopic (exact) mass is 376 g/mol. The lowest BCUT2D eigenvalue weighted by atomic mass is 9.68. The zero-order valence-electron chi connectivity index (χ0n) is 17.6. The molecule has 3 heteroatoms. The first-order chi connectivity index (χ1) is 12.2. The summed E-state index contributed by atoms with van der Waals surface area (Å²) in [6.07, 6.45) is 8.06. The van der Waals surface area contributed by atoms with Crippen LogP contribution in [0.1, 0.15) is 77.7 Å². The smallest absolute Gasteiger partial charge is 0.0646 e. The summed E-state index contributed by atoms with van der Waals surface area (Å²) in [5, 5.41) is 0. The maximum absolute atomic E-state index is 6.71. The van der Waals surface area contributed by atoms with Crippen molar-refractivity contribution in [3.63, 3.8) is 0 Å². The predicted octanol–water partition coefficient (Wildman–Crippen LogP) is 6.42. The third kappa shape index (κ3) is 3.23. The minimum Gasteiger partial charge on any atom is -0.376 e. The van der Waals surface area contributed by atoms with Crippen molar-refractivity contribution in [2.24, 2.45) is 5.41 Å². The van der Waals surface area contributed by atoms with Crippen molar-refractivity contribution in [3.05, 3.63) is 23.8 Å². The number of para-hydroxylation sites is 1. The van der Waals surface area contributed by atoms with Crippen molar-refractivity contribution in [2.45, 2.75) is 83.7 Å². The Balaban J connectivity index is 2.18. The maximum Gasteiger partial charge on any atom is 0.0646 e. The number of hydrogen-bond donors (Lipinski definition) is 0. The minimum absolute atomic E-state index is 0.132. The van der Waals surface area contributed by atoms with E-state index in [-0.39, 0.29) is 5.54 Å². The highest BCUT2D eigenvalue weighted by atomic mass is 35.5. The van der Waals surface area contributed by atoms with Crippen molar-refractivity contribution < 1.29 is 0 Å². The van der Waals surface area contributed by atoms with Crippen molar-refractivity contribution in [1.29, 1.82) is 0 Å². The van der Waals surface area contributed by atoms with Gasteiger partial charge in [0.15, 0.2) is 0 Å². The first-order valence-corrected chi connectivity index (χ1v) is 10.9. The van der Waals surface area contributed by atoms with Crippen molar-refractivity contribution in [1.82, 2.24) is 0 Å². The molecule has 26 heavy (non-hydrogen) atoms. The molecule has 146 valence electrons. The van der Waals surface area contributed by atoms with Crippen molar-refractivity contribution in [2.75, 3.05) is 29.8 Å². The van der Waals surface area contributed by atoms with Gasteiger partial charge in [0, 0.05) is 31.6 Å². The fraction of sp³-hybridized carbons (Fsp3) is 0.739. The molecule has 2 fully saturated rings. The van der Waals surface area contributed by atoms with Gasteiger partial charge in [-0.1, -0.05) is 45.2 Å². The fourth-order valence-corrected chi connectivity index (χ4v) is 6.32. The topological polar surface area (TPSA) is 6.48 Å². The van der Waals surface area contributed by atoms with E-state index in [2.05, 4.69) is 69.8 Å². The van der Waals surface area contributed by atoms with E-state index in [1.807, 2.05) is 0 Å². The normalized spacial score (nSPS) is 24.5. The lowest BCUT2D eigenvalue weighted by Gasteiger charge is -2.44. The molecule has 0 radical (unpaired) electrons. The summed E-state index contributed by atoms with van der Waals surface area (Å²) < 4.78 is 0. The van der Waals surface area contributed by atoms with Crippen LogP contribution < -0.4 is 9.80 Å². The molecule has 1 saturated heterocycles. The van der Waals surface area contributed by atoms with E-state index in [4.69, 9.17) is 11.6 Å². The largest absolute Gasteiger partial charge is 0.376 e. The van der Waals surface area contributed by atoms with Crippen LogP contribution in [-0.2, 0) is 0 Å². The molecule has 1 heterocycles. The van der Waals surface area contributed by atoms with E-state index in [1.54, 1.807) is 0 Å². The van der Waals surface area contributed by atoms with Crippen molar-refractivity contribution in [3.8, 4) is 0 Å². The molecule has 2 nitrogen and oxygen atoms in total. The lowest BCUT2D eigenvalue weighted by Crippen LogP contribution is -2.48. The molecule has 0 N–H and O–H groups in total. The first kappa shape index (κ1) is 19.9. The Hall–Kier alpha value is -0.890. The highest BCUT2D eigenvalue weighted by Gasteiger charge is 2.55. The number of rotatable bonds is 4. The molecule has 1 saturated carbocycles. The van der Waals surface area contributed by atoms with E-state index in [0.717, 1.165) is 5.88 Å². The number of nitrogens with zero attached hydrogens (tertiary/aromatic N) is 2. The van der Waals surface area contributed by atoms with Crippen LogP contribution in [0.3, 0.4) is 0 Å². The Morgan fingerprint density at radius 3 is 2.35 bits per heavy atom. The first-order valence-electron chi connectivity index (χ1n) is 10.4. The Bertz CT molecular complexity index is 603. The summed E-state index contributed by atoms with van der Waals surface area (Å²) in [6.45, 7) is 9.50. The van der Waals surface area contributed by atoms with Gasteiger partial charge >= 0.3 is 0 Å². The van der Waals surface area contributed by atoms with E-state index in [9.17, 15) is 0 Å². The second kappa shape index (κ2) is 7.26. The van der Waals surface area contributed by atoms with Gasteiger partial charge in [-0.05, 0) is 56.1 Å². The molecule has 0 aromatic heterocycles. The van der Waals surface area contributed by atoms with Crippen LogP contribution in [-0.4, -0.2) is 31.6 Å². The summed E-state index contributed by atoms with van der Waals surface area (Å²) in [5.41, 5.74) is 4.72. The molecule has 3 rings (SSSR count). The number of anilines is 2. The van der Waals surface area contributed by atoms with Gasteiger partial charge in [0.05, 0.1) is 11.4 Å². The van der Waals surface area contributed by atoms with Gasteiger partial charge in [0.2, 0.25) is 0 Å². The molecule has 1 aliphatic heterocycles. The Kier molecular flexibility index (Phi) is 5.55. The number of alkyl halides is 1. The number of halogens is 1. The molecule has 2 aliphatic rings. The fourth-order valence-electron chi connectivity index (χ4n) is 5.86. The summed E-state index contributed by atoms with van der Waals surface area (Å²) in [6, 6.07) is 7.23. The standard InChI is InChI=1S/C23H37ClN2/c1-17(2)18-11-10-12-19(25(5)6)21(18)26-20(15-24)23(16-22(26,3)4)13-8-7-9-14-23/h10-12,17,20H,7-9,13-16H2,1-6H3. The summed E-state index contributed by atoms with van der Waals surface area (Å²) in [5.74, 6) is 1.22. The molecule has 1 aromatic rings. The van der Waals surface area contributed by atoms with E-state index < -0.39 is 0 Å². The van der Waals surface area contributed by atoms with Crippen molar-refractivity contribution >= 4 is 23.0 Å². The molecular weight excluding hydrogens is 340 g/mol. The van der Waals surface area contributed by atoms with Gasteiger partial charge < -0.3 is 9.80 Å². The average molecular weight is 377 g/mol. The Morgan fingerprint density at radius 1 is 1.15 bits per heavy atom. The van der Waals surface area contributed by atoms with Crippen LogP contribution in [0.4, 0.5) is 11.4 Å². The molecule has 1 atom stereocenters. The minimum atomic E-state index is 0.132. The van der Waals surface area contributed by atoms with Gasteiger partial charge in [-0.25, -0.2) is 0 Å². The van der Waals surface area contributed by atoms with Gasteiger partial charge in [0.25, 0.3) is 0 Å². The van der Waals surface area contributed by atoms with Crippen LogP contribution in [0.5, 0.6) is 0 Å². The molecule has 1 aliphatic carbocycles. The molecule has 1 unspecified atom stereocenters. The zero-order chi connectivity index (χ0) is 19.1. The molecule has 0 bridgehead atoms. The van der Waals surface area contributed by atoms with Crippen LogP contribution in [0.2, 0.25) is 0 Å². The van der Waals surface area contributed by atoms with E-state index in [0.29, 0.717) is 17.4 Å². The summed E-state index contributed by atoms with van der Waals surface area (Å²) in [7, 11) is 4.33.